The van der Waals surface area contributed by atoms with Gasteiger partial charge >= 0.3 is 6.01 Å². The van der Waals surface area contributed by atoms with Gasteiger partial charge in [0.15, 0.2) is 11.5 Å². The van der Waals surface area contributed by atoms with Gasteiger partial charge in [-0.2, -0.15) is 0 Å². The topological polar surface area (TPSA) is 86.5 Å². The number of aryl methyl sites for hydroxylation is 1. The van der Waals surface area contributed by atoms with Gasteiger partial charge in [-0.15, -0.1) is 5.10 Å². The Kier molecular flexibility index (Phi) is 4.74. The van der Waals surface area contributed by atoms with Gasteiger partial charge in [0.2, 0.25) is 11.8 Å². The molecule has 1 aliphatic rings. The Hall–Kier alpha value is -3.35. The highest BCUT2D eigenvalue weighted by atomic mass is 16.6. The monoisotopic (exact) mass is 365 g/mol. The van der Waals surface area contributed by atoms with E-state index < -0.39 is 0 Å². The lowest BCUT2D eigenvalue weighted by molar-refractivity contribution is -0.115. The van der Waals surface area contributed by atoms with Crippen molar-refractivity contribution in [2.24, 2.45) is 0 Å². The first-order valence-electron chi connectivity index (χ1n) is 8.72. The molecule has 0 bridgehead atoms. The van der Waals surface area contributed by atoms with Crippen LogP contribution in [0.2, 0.25) is 0 Å². The molecule has 2 aromatic carbocycles. The summed E-state index contributed by atoms with van der Waals surface area (Å²) in [7, 11) is 0. The fourth-order valence-electron chi connectivity index (χ4n) is 2.80. The van der Waals surface area contributed by atoms with Crippen molar-refractivity contribution in [1.29, 1.82) is 0 Å². The molecule has 1 aromatic heterocycles. The van der Waals surface area contributed by atoms with Crippen LogP contribution in [0.4, 0.5) is 6.01 Å². The van der Waals surface area contributed by atoms with E-state index in [1.54, 1.807) is 0 Å². The number of nitrogens with one attached hydrogen (secondary N) is 1. The van der Waals surface area contributed by atoms with Crippen LogP contribution in [0.1, 0.15) is 22.6 Å². The van der Waals surface area contributed by atoms with Crippen LogP contribution in [0, 0.1) is 6.92 Å². The molecule has 0 unspecified atom stereocenters. The van der Waals surface area contributed by atoms with Gasteiger partial charge in [-0.1, -0.05) is 41.0 Å². The Bertz CT molecular complexity index is 950. The standard InChI is InChI=1S/C20H19N3O4/c1-13-2-4-14(5-3-13)11-18(24)21-20-23-22-19(27-20)12-15-6-7-16-17(10-15)26-9-8-25-16/h2-7,10H,8-9,11-12H2,1H3,(H,21,23,24). The first kappa shape index (κ1) is 17.1. The average molecular weight is 365 g/mol. The van der Waals surface area contributed by atoms with Gasteiger partial charge in [0.25, 0.3) is 0 Å². The minimum absolute atomic E-state index is 0.0969. The second-order valence-electron chi connectivity index (χ2n) is 6.37. The average Bonchev–Trinajstić information content (AvgIpc) is 3.10. The van der Waals surface area contributed by atoms with E-state index >= 15 is 0 Å². The number of aromatic nitrogens is 2. The summed E-state index contributed by atoms with van der Waals surface area (Å²) >= 11 is 0. The fourth-order valence-corrected chi connectivity index (χ4v) is 2.80. The zero-order valence-electron chi connectivity index (χ0n) is 14.9. The normalized spacial score (nSPS) is 12.6. The number of hydrogen-bond donors (Lipinski definition) is 1. The van der Waals surface area contributed by atoms with Crippen LogP contribution in [-0.2, 0) is 17.6 Å². The zero-order chi connectivity index (χ0) is 18.6. The van der Waals surface area contributed by atoms with Crippen LogP contribution in [-0.4, -0.2) is 29.3 Å². The maximum absolute atomic E-state index is 12.1. The maximum atomic E-state index is 12.1. The van der Waals surface area contributed by atoms with Gasteiger partial charge in [0, 0.05) is 0 Å². The van der Waals surface area contributed by atoms with Gasteiger partial charge in [0.05, 0.1) is 12.8 Å². The van der Waals surface area contributed by atoms with Crippen LogP contribution >= 0.6 is 0 Å². The molecule has 0 radical (unpaired) electrons. The molecule has 7 heteroatoms. The summed E-state index contributed by atoms with van der Waals surface area (Å²) in [5.74, 6) is 1.66. The van der Waals surface area contributed by atoms with E-state index in [4.69, 9.17) is 13.9 Å². The third kappa shape index (κ3) is 4.25. The molecular formula is C20H19N3O4. The quantitative estimate of drug-likeness (QED) is 0.748. The molecule has 0 saturated heterocycles. The molecule has 0 spiro atoms. The van der Waals surface area contributed by atoms with E-state index in [1.165, 1.54) is 0 Å². The van der Waals surface area contributed by atoms with Crippen molar-refractivity contribution in [2.75, 3.05) is 18.5 Å². The van der Waals surface area contributed by atoms with Crippen molar-refractivity contribution in [3.63, 3.8) is 0 Å². The highest BCUT2D eigenvalue weighted by Gasteiger charge is 2.14. The maximum Gasteiger partial charge on any atom is 0.322 e. The molecule has 0 fully saturated rings. The Morgan fingerprint density at radius 2 is 1.74 bits per heavy atom. The summed E-state index contributed by atoms with van der Waals surface area (Å²) in [5, 5.41) is 10.5. The molecular weight excluding hydrogens is 346 g/mol. The predicted molar refractivity (Wildman–Crippen MR) is 98.0 cm³/mol. The summed E-state index contributed by atoms with van der Waals surface area (Å²) in [6, 6.07) is 13.6. The Balaban J connectivity index is 1.37. The van der Waals surface area contributed by atoms with E-state index in [0.717, 1.165) is 22.4 Å². The SMILES string of the molecule is Cc1ccc(CC(=O)Nc2nnc(Cc3ccc4c(c3)OCCO4)o2)cc1. The van der Waals surface area contributed by atoms with E-state index in [2.05, 4.69) is 15.5 Å². The summed E-state index contributed by atoms with van der Waals surface area (Å²) in [5.41, 5.74) is 3.04. The third-order valence-electron chi connectivity index (χ3n) is 4.16. The van der Waals surface area contributed by atoms with Gasteiger partial charge < -0.3 is 13.9 Å². The molecule has 1 N–H and O–H groups in total. The van der Waals surface area contributed by atoms with Crippen LogP contribution in [0.5, 0.6) is 11.5 Å². The molecule has 1 aliphatic heterocycles. The molecule has 3 aromatic rings. The molecule has 4 rings (SSSR count). The number of benzene rings is 2. The minimum atomic E-state index is -0.201. The number of amides is 1. The molecule has 0 atom stereocenters. The minimum Gasteiger partial charge on any atom is -0.486 e. The van der Waals surface area contributed by atoms with Gasteiger partial charge in [-0.05, 0) is 30.2 Å². The van der Waals surface area contributed by atoms with E-state index in [0.29, 0.717) is 31.3 Å². The first-order valence-corrected chi connectivity index (χ1v) is 8.72. The van der Waals surface area contributed by atoms with Crippen molar-refractivity contribution in [1.82, 2.24) is 10.2 Å². The van der Waals surface area contributed by atoms with Crippen molar-refractivity contribution in [3.05, 3.63) is 65.0 Å². The molecule has 1 amide bonds. The van der Waals surface area contributed by atoms with Crippen molar-refractivity contribution in [3.8, 4) is 11.5 Å². The predicted octanol–water partition coefficient (Wildman–Crippen LogP) is 2.92. The molecule has 7 nitrogen and oxygen atoms in total. The van der Waals surface area contributed by atoms with E-state index in [9.17, 15) is 4.79 Å². The smallest absolute Gasteiger partial charge is 0.322 e. The molecule has 2 heterocycles. The van der Waals surface area contributed by atoms with Crippen molar-refractivity contribution in [2.45, 2.75) is 19.8 Å². The highest BCUT2D eigenvalue weighted by Crippen LogP contribution is 2.31. The number of carbonyl (C=O) groups is 1. The van der Waals surface area contributed by atoms with E-state index in [1.807, 2.05) is 49.4 Å². The van der Waals surface area contributed by atoms with Crippen molar-refractivity contribution >= 4 is 11.9 Å². The summed E-state index contributed by atoms with van der Waals surface area (Å²) in [6.07, 6.45) is 0.692. The summed E-state index contributed by atoms with van der Waals surface area (Å²) < 4.78 is 16.6. The lowest BCUT2D eigenvalue weighted by atomic mass is 10.1. The summed E-state index contributed by atoms with van der Waals surface area (Å²) in [4.78, 5) is 12.1. The van der Waals surface area contributed by atoms with E-state index in [-0.39, 0.29) is 18.3 Å². The number of hydrogen-bond acceptors (Lipinski definition) is 6. The highest BCUT2D eigenvalue weighted by molar-refractivity contribution is 5.90. The molecule has 27 heavy (non-hydrogen) atoms. The van der Waals surface area contributed by atoms with Crippen LogP contribution in [0.25, 0.3) is 0 Å². The number of ether oxygens (including phenoxy) is 2. The van der Waals surface area contributed by atoms with Crippen molar-refractivity contribution < 1.29 is 18.7 Å². The lowest BCUT2D eigenvalue weighted by Gasteiger charge is -2.18. The Morgan fingerprint density at radius 3 is 2.56 bits per heavy atom. The van der Waals surface area contributed by atoms with Crippen LogP contribution in [0.15, 0.2) is 46.9 Å². The molecule has 0 aliphatic carbocycles. The number of fused-ring (bicyclic) bond motifs is 1. The first-order chi connectivity index (χ1) is 13.2. The fraction of sp³-hybridized carbons (Fsp3) is 0.250. The number of carbonyl (C=O) groups excluding carboxylic acids is 1. The molecule has 0 saturated carbocycles. The van der Waals surface area contributed by atoms with Gasteiger partial charge in [-0.25, -0.2) is 0 Å². The second kappa shape index (κ2) is 7.49. The summed E-state index contributed by atoms with van der Waals surface area (Å²) in [6.45, 7) is 3.10. The van der Waals surface area contributed by atoms with Crippen LogP contribution < -0.4 is 14.8 Å². The third-order valence-corrected chi connectivity index (χ3v) is 4.16. The van der Waals surface area contributed by atoms with Crippen LogP contribution in [0.3, 0.4) is 0 Å². The largest absolute Gasteiger partial charge is 0.486 e. The number of nitrogens with zero attached hydrogens (tertiary/aromatic N) is 2. The Labute approximate surface area is 156 Å². The number of anilines is 1. The number of rotatable bonds is 5. The zero-order valence-corrected chi connectivity index (χ0v) is 14.9. The lowest BCUT2D eigenvalue weighted by Crippen LogP contribution is -2.15. The van der Waals surface area contributed by atoms with Gasteiger partial charge in [-0.3, -0.25) is 10.1 Å². The molecule has 138 valence electrons. The Morgan fingerprint density at radius 1 is 1.00 bits per heavy atom. The van der Waals surface area contributed by atoms with Gasteiger partial charge in [0.1, 0.15) is 13.2 Å². The second-order valence-corrected chi connectivity index (χ2v) is 6.37.